The van der Waals surface area contributed by atoms with Gasteiger partial charge in [-0.2, -0.15) is 0 Å². The Labute approximate surface area is 104 Å². The van der Waals surface area contributed by atoms with Crippen molar-refractivity contribution in [3.05, 3.63) is 35.4 Å². The lowest BCUT2D eigenvalue weighted by atomic mass is 10.1. The van der Waals surface area contributed by atoms with Gasteiger partial charge in [0.05, 0.1) is 0 Å². The number of halogens is 1. The summed E-state index contributed by atoms with van der Waals surface area (Å²) >= 11 is 0. The molecule has 2 nitrogen and oxygen atoms in total. The molecule has 16 heavy (non-hydrogen) atoms. The van der Waals surface area contributed by atoms with Gasteiger partial charge in [0.1, 0.15) is 0 Å². The van der Waals surface area contributed by atoms with Crippen LogP contribution in [0.15, 0.2) is 24.3 Å². The van der Waals surface area contributed by atoms with Crippen LogP contribution >= 0.6 is 12.4 Å². The van der Waals surface area contributed by atoms with E-state index in [-0.39, 0.29) is 12.4 Å². The van der Waals surface area contributed by atoms with Crippen molar-refractivity contribution in [1.29, 1.82) is 0 Å². The molecule has 1 heterocycles. The van der Waals surface area contributed by atoms with Crippen molar-refractivity contribution in [3.8, 4) is 0 Å². The number of benzene rings is 1. The van der Waals surface area contributed by atoms with Gasteiger partial charge >= 0.3 is 0 Å². The van der Waals surface area contributed by atoms with Gasteiger partial charge < -0.3 is 5.32 Å². The summed E-state index contributed by atoms with van der Waals surface area (Å²) in [6, 6.07) is 8.89. The van der Waals surface area contributed by atoms with E-state index in [1.807, 2.05) is 0 Å². The lowest BCUT2D eigenvalue weighted by Crippen LogP contribution is -2.27. The second kappa shape index (κ2) is 6.89. The van der Waals surface area contributed by atoms with Crippen LogP contribution in [0.1, 0.15) is 17.5 Å². The summed E-state index contributed by atoms with van der Waals surface area (Å²) in [6.45, 7) is 7.94. The van der Waals surface area contributed by atoms with E-state index in [4.69, 9.17) is 0 Å². The van der Waals surface area contributed by atoms with Gasteiger partial charge in [-0.15, -0.1) is 12.4 Å². The number of nitrogens with one attached hydrogen (secondary N) is 1. The van der Waals surface area contributed by atoms with Crippen LogP contribution in [0.25, 0.3) is 0 Å². The monoisotopic (exact) mass is 240 g/mol. The summed E-state index contributed by atoms with van der Waals surface area (Å²) in [5.41, 5.74) is 2.78. The van der Waals surface area contributed by atoms with Crippen molar-refractivity contribution >= 4 is 12.4 Å². The first-order valence-electron chi connectivity index (χ1n) is 5.83. The number of hydrogen-bond acceptors (Lipinski definition) is 2. The van der Waals surface area contributed by atoms with Crippen molar-refractivity contribution in [2.75, 3.05) is 26.2 Å². The quantitative estimate of drug-likeness (QED) is 0.853. The summed E-state index contributed by atoms with van der Waals surface area (Å²) < 4.78 is 0. The van der Waals surface area contributed by atoms with Gasteiger partial charge in [-0.1, -0.05) is 29.8 Å². The van der Waals surface area contributed by atoms with Crippen LogP contribution in [-0.2, 0) is 6.54 Å². The minimum atomic E-state index is 0. The molecular weight excluding hydrogens is 220 g/mol. The second-order valence-corrected chi connectivity index (χ2v) is 4.37. The summed E-state index contributed by atoms with van der Waals surface area (Å²) in [6.07, 6.45) is 1.27. The van der Waals surface area contributed by atoms with E-state index in [9.17, 15) is 0 Å². The Hall–Kier alpha value is -0.570. The Morgan fingerprint density at radius 2 is 1.88 bits per heavy atom. The minimum Gasteiger partial charge on any atom is -0.315 e. The third-order valence-corrected chi connectivity index (χ3v) is 2.96. The second-order valence-electron chi connectivity index (χ2n) is 4.37. The molecule has 0 aliphatic carbocycles. The highest BCUT2D eigenvalue weighted by molar-refractivity contribution is 5.85. The molecule has 1 aliphatic rings. The van der Waals surface area contributed by atoms with E-state index in [0.717, 1.165) is 13.1 Å². The number of nitrogens with zero attached hydrogens (tertiary/aromatic N) is 1. The zero-order chi connectivity index (χ0) is 10.5. The van der Waals surface area contributed by atoms with Crippen LogP contribution in [0.4, 0.5) is 0 Å². The van der Waals surface area contributed by atoms with Crippen molar-refractivity contribution in [2.24, 2.45) is 0 Å². The van der Waals surface area contributed by atoms with Crippen LogP contribution < -0.4 is 5.32 Å². The standard InChI is InChI=1S/C13H20N2.ClH/c1-12-3-5-13(6-4-12)11-15-9-2-7-14-8-10-15;/h3-6,14H,2,7-11H2,1H3;1H. The van der Waals surface area contributed by atoms with Gasteiger partial charge in [-0.3, -0.25) is 4.90 Å². The molecule has 2 rings (SSSR count). The van der Waals surface area contributed by atoms with E-state index >= 15 is 0 Å². The van der Waals surface area contributed by atoms with Crippen molar-refractivity contribution in [3.63, 3.8) is 0 Å². The predicted molar refractivity (Wildman–Crippen MR) is 71.2 cm³/mol. The zero-order valence-electron chi connectivity index (χ0n) is 9.91. The fourth-order valence-corrected chi connectivity index (χ4v) is 2.01. The molecule has 1 N–H and O–H groups in total. The third kappa shape index (κ3) is 4.12. The molecule has 1 fully saturated rings. The van der Waals surface area contributed by atoms with E-state index in [2.05, 4.69) is 41.4 Å². The van der Waals surface area contributed by atoms with Crippen LogP contribution in [-0.4, -0.2) is 31.1 Å². The van der Waals surface area contributed by atoms with Crippen LogP contribution in [0, 0.1) is 6.92 Å². The van der Waals surface area contributed by atoms with E-state index < -0.39 is 0 Å². The molecule has 0 radical (unpaired) electrons. The third-order valence-electron chi connectivity index (χ3n) is 2.96. The fraction of sp³-hybridized carbons (Fsp3) is 0.538. The molecule has 0 saturated carbocycles. The molecule has 0 spiro atoms. The molecule has 1 aromatic carbocycles. The van der Waals surface area contributed by atoms with Gasteiger partial charge in [0.15, 0.2) is 0 Å². The summed E-state index contributed by atoms with van der Waals surface area (Å²) in [7, 11) is 0. The number of hydrogen-bond donors (Lipinski definition) is 1. The van der Waals surface area contributed by atoms with Crippen LogP contribution in [0.5, 0.6) is 0 Å². The SMILES string of the molecule is Cc1ccc(CN2CCCNCC2)cc1.Cl. The summed E-state index contributed by atoms with van der Waals surface area (Å²) in [5.74, 6) is 0. The highest BCUT2D eigenvalue weighted by Gasteiger charge is 2.08. The molecule has 1 aromatic rings. The topological polar surface area (TPSA) is 15.3 Å². The van der Waals surface area contributed by atoms with E-state index in [1.165, 1.54) is 37.2 Å². The molecule has 90 valence electrons. The zero-order valence-corrected chi connectivity index (χ0v) is 10.7. The first-order valence-corrected chi connectivity index (χ1v) is 5.83. The lowest BCUT2D eigenvalue weighted by molar-refractivity contribution is 0.284. The highest BCUT2D eigenvalue weighted by Crippen LogP contribution is 2.07. The van der Waals surface area contributed by atoms with Gasteiger partial charge in [0, 0.05) is 19.6 Å². The molecule has 0 bridgehead atoms. The first kappa shape index (κ1) is 13.5. The molecule has 3 heteroatoms. The number of aryl methyl sites for hydroxylation is 1. The van der Waals surface area contributed by atoms with E-state index in [0.29, 0.717) is 0 Å². The number of rotatable bonds is 2. The van der Waals surface area contributed by atoms with Gasteiger partial charge in [-0.25, -0.2) is 0 Å². The van der Waals surface area contributed by atoms with E-state index in [1.54, 1.807) is 0 Å². The summed E-state index contributed by atoms with van der Waals surface area (Å²) in [5, 5.41) is 3.43. The Morgan fingerprint density at radius 1 is 1.12 bits per heavy atom. The first-order chi connectivity index (χ1) is 7.34. The Bertz CT molecular complexity index is 289. The molecule has 0 amide bonds. The largest absolute Gasteiger partial charge is 0.315 e. The fourth-order valence-electron chi connectivity index (χ4n) is 2.01. The molecular formula is C13H21ClN2. The normalized spacial score (nSPS) is 17.6. The smallest absolute Gasteiger partial charge is 0.0234 e. The molecule has 0 atom stereocenters. The molecule has 1 aliphatic heterocycles. The molecule has 1 saturated heterocycles. The summed E-state index contributed by atoms with van der Waals surface area (Å²) in [4.78, 5) is 2.53. The maximum atomic E-state index is 3.43. The average molecular weight is 241 g/mol. The lowest BCUT2D eigenvalue weighted by Gasteiger charge is -2.19. The highest BCUT2D eigenvalue weighted by atomic mass is 35.5. The molecule has 0 aromatic heterocycles. The van der Waals surface area contributed by atoms with Gasteiger partial charge in [0.25, 0.3) is 0 Å². The Balaban J connectivity index is 0.00000128. The molecule has 0 unspecified atom stereocenters. The van der Waals surface area contributed by atoms with Crippen molar-refractivity contribution in [1.82, 2.24) is 10.2 Å². The average Bonchev–Trinajstić information content (AvgIpc) is 2.50. The minimum absolute atomic E-state index is 0. The van der Waals surface area contributed by atoms with Crippen LogP contribution in [0.2, 0.25) is 0 Å². The van der Waals surface area contributed by atoms with Crippen molar-refractivity contribution < 1.29 is 0 Å². The maximum absolute atomic E-state index is 3.43. The maximum Gasteiger partial charge on any atom is 0.0234 e. The van der Waals surface area contributed by atoms with Gasteiger partial charge in [0.2, 0.25) is 0 Å². The Morgan fingerprint density at radius 3 is 2.62 bits per heavy atom. The van der Waals surface area contributed by atoms with Gasteiger partial charge in [-0.05, 0) is 32.0 Å². The predicted octanol–water partition coefficient (Wildman–Crippen LogP) is 2.21. The van der Waals surface area contributed by atoms with Crippen molar-refractivity contribution in [2.45, 2.75) is 19.9 Å². The van der Waals surface area contributed by atoms with Crippen LogP contribution in [0.3, 0.4) is 0 Å². The Kier molecular flexibility index (Phi) is 5.81.